The van der Waals surface area contributed by atoms with Crippen LogP contribution >= 0.6 is 0 Å². The van der Waals surface area contributed by atoms with Gasteiger partial charge in [0.25, 0.3) is 0 Å². The van der Waals surface area contributed by atoms with Crippen molar-refractivity contribution in [3.8, 4) is 23.0 Å². The van der Waals surface area contributed by atoms with Gasteiger partial charge >= 0.3 is 6.18 Å². The molecule has 0 radical (unpaired) electrons. The zero-order valence-electron chi connectivity index (χ0n) is 19.1. The van der Waals surface area contributed by atoms with Gasteiger partial charge in [0, 0.05) is 30.6 Å². The van der Waals surface area contributed by atoms with Crippen molar-refractivity contribution in [2.24, 2.45) is 0 Å². The van der Waals surface area contributed by atoms with E-state index in [2.05, 4.69) is 20.6 Å². The minimum atomic E-state index is -4.63. The van der Waals surface area contributed by atoms with Gasteiger partial charge < -0.3 is 29.6 Å². The molecule has 0 aliphatic heterocycles. The molecule has 0 bridgehead atoms. The van der Waals surface area contributed by atoms with Crippen LogP contribution in [0.3, 0.4) is 0 Å². The van der Waals surface area contributed by atoms with Crippen LogP contribution in [0.4, 0.5) is 30.6 Å². The van der Waals surface area contributed by atoms with Crippen LogP contribution in [0.25, 0.3) is 0 Å². The zero-order valence-corrected chi connectivity index (χ0v) is 19.1. The number of hydrogen-bond acceptors (Lipinski definition) is 8. The number of anilines is 3. The van der Waals surface area contributed by atoms with Gasteiger partial charge in [-0.15, -0.1) is 0 Å². The first-order valence-electron chi connectivity index (χ1n) is 10.2. The fraction of sp³-hybridized carbons (Fsp3) is 0.304. The number of aromatic nitrogens is 2. The summed E-state index contributed by atoms with van der Waals surface area (Å²) in [6.45, 7) is 0.199. The van der Waals surface area contributed by atoms with E-state index in [-0.39, 0.29) is 18.3 Å². The van der Waals surface area contributed by atoms with E-state index in [0.717, 1.165) is 11.8 Å². The molecule has 0 atom stereocenters. The fourth-order valence-corrected chi connectivity index (χ4v) is 3.29. The topological polar surface area (TPSA) is 86.8 Å². The molecule has 0 aliphatic rings. The second-order valence-corrected chi connectivity index (χ2v) is 6.98. The van der Waals surface area contributed by atoms with Crippen LogP contribution < -0.4 is 29.6 Å². The summed E-state index contributed by atoms with van der Waals surface area (Å²) in [4.78, 5) is 7.90. The van der Waals surface area contributed by atoms with Gasteiger partial charge in [0.15, 0.2) is 11.5 Å². The number of ether oxygens (including phenoxy) is 4. The molecule has 2 aromatic carbocycles. The monoisotopic (exact) mass is 478 g/mol. The Morgan fingerprint density at radius 1 is 0.882 bits per heavy atom. The molecule has 8 nitrogen and oxygen atoms in total. The van der Waals surface area contributed by atoms with E-state index in [4.69, 9.17) is 18.9 Å². The third-order valence-corrected chi connectivity index (χ3v) is 4.89. The van der Waals surface area contributed by atoms with Gasteiger partial charge in [-0.2, -0.15) is 18.2 Å². The average Bonchev–Trinajstić information content (AvgIpc) is 2.83. The van der Waals surface area contributed by atoms with Crippen molar-refractivity contribution in [3.63, 3.8) is 0 Å². The predicted molar refractivity (Wildman–Crippen MR) is 122 cm³/mol. The first-order chi connectivity index (χ1) is 16.3. The lowest BCUT2D eigenvalue weighted by atomic mass is 10.1. The zero-order chi connectivity index (χ0) is 24.7. The first-order valence-corrected chi connectivity index (χ1v) is 10.2. The largest absolute Gasteiger partial charge is 0.496 e. The first kappa shape index (κ1) is 24.7. The van der Waals surface area contributed by atoms with Gasteiger partial charge in [-0.3, -0.25) is 0 Å². The molecular weight excluding hydrogens is 453 g/mol. The summed E-state index contributed by atoms with van der Waals surface area (Å²) >= 11 is 0. The maximum absolute atomic E-state index is 13.5. The lowest BCUT2D eigenvalue weighted by Gasteiger charge is -2.17. The Labute approximate surface area is 195 Å². The standard InChI is InChI=1S/C23H25F3N4O4/c1-31-17-8-6-5-7-14(17)9-10-27-21-16(23(24,25)26)13-28-22(30-21)29-15-11-18(32-2)20(34-4)19(12-15)33-3/h5-8,11-13H,9-10H2,1-4H3,(H2,27,28,29,30). The third kappa shape index (κ3) is 5.72. The normalized spacial score (nSPS) is 11.0. The molecule has 182 valence electrons. The summed E-state index contributed by atoms with van der Waals surface area (Å²) < 4.78 is 61.8. The summed E-state index contributed by atoms with van der Waals surface area (Å²) in [6.07, 6.45) is -3.46. The fourth-order valence-electron chi connectivity index (χ4n) is 3.29. The van der Waals surface area contributed by atoms with Gasteiger partial charge in [-0.05, 0) is 18.1 Å². The van der Waals surface area contributed by atoms with Crippen molar-refractivity contribution in [3.05, 3.63) is 53.7 Å². The second-order valence-electron chi connectivity index (χ2n) is 6.98. The summed E-state index contributed by atoms with van der Waals surface area (Å²) in [7, 11) is 5.92. The van der Waals surface area contributed by atoms with E-state index >= 15 is 0 Å². The molecule has 1 heterocycles. The highest BCUT2D eigenvalue weighted by Gasteiger charge is 2.35. The minimum Gasteiger partial charge on any atom is -0.496 e. The lowest BCUT2D eigenvalue weighted by molar-refractivity contribution is -0.137. The van der Waals surface area contributed by atoms with Crippen LogP contribution in [-0.2, 0) is 12.6 Å². The van der Waals surface area contributed by atoms with E-state index in [1.807, 2.05) is 18.2 Å². The quantitative estimate of drug-likeness (QED) is 0.424. The van der Waals surface area contributed by atoms with Crippen molar-refractivity contribution in [1.29, 1.82) is 0 Å². The Kier molecular flexibility index (Phi) is 7.87. The number of para-hydroxylation sites is 1. The van der Waals surface area contributed by atoms with Crippen LogP contribution in [0.1, 0.15) is 11.1 Å². The van der Waals surface area contributed by atoms with E-state index < -0.39 is 11.7 Å². The highest BCUT2D eigenvalue weighted by molar-refractivity contribution is 5.66. The molecule has 0 saturated carbocycles. The van der Waals surface area contributed by atoms with Crippen molar-refractivity contribution in [2.45, 2.75) is 12.6 Å². The van der Waals surface area contributed by atoms with Crippen LogP contribution in [0, 0.1) is 0 Å². The SMILES string of the molecule is COc1ccccc1CCNc1nc(Nc2cc(OC)c(OC)c(OC)c2)ncc1C(F)(F)F. The maximum atomic E-state index is 13.5. The van der Waals surface area contributed by atoms with Crippen LogP contribution in [-0.4, -0.2) is 45.0 Å². The number of nitrogens with one attached hydrogen (secondary N) is 2. The van der Waals surface area contributed by atoms with E-state index in [1.165, 1.54) is 21.3 Å². The Balaban J connectivity index is 1.86. The number of rotatable bonds is 10. The van der Waals surface area contributed by atoms with Crippen molar-refractivity contribution in [2.75, 3.05) is 45.6 Å². The van der Waals surface area contributed by atoms with E-state index in [0.29, 0.717) is 35.1 Å². The Bertz CT molecular complexity index is 1100. The molecule has 0 spiro atoms. The van der Waals surface area contributed by atoms with Gasteiger partial charge in [-0.25, -0.2) is 4.98 Å². The number of nitrogens with zero attached hydrogens (tertiary/aromatic N) is 2. The van der Waals surface area contributed by atoms with Gasteiger partial charge in [0.1, 0.15) is 17.1 Å². The highest BCUT2D eigenvalue weighted by atomic mass is 19.4. The molecule has 0 aliphatic carbocycles. The van der Waals surface area contributed by atoms with E-state index in [1.54, 1.807) is 25.3 Å². The molecule has 34 heavy (non-hydrogen) atoms. The Morgan fingerprint density at radius 2 is 1.53 bits per heavy atom. The smallest absolute Gasteiger partial charge is 0.421 e. The second kappa shape index (κ2) is 10.8. The van der Waals surface area contributed by atoms with E-state index in [9.17, 15) is 13.2 Å². The maximum Gasteiger partial charge on any atom is 0.421 e. The minimum absolute atomic E-state index is 0.0398. The molecule has 1 aromatic heterocycles. The lowest BCUT2D eigenvalue weighted by Crippen LogP contribution is -2.16. The van der Waals surface area contributed by atoms with Crippen LogP contribution in [0.15, 0.2) is 42.6 Å². The molecule has 0 amide bonds. The number of alkyl halides is 3. The molecule has 0 fully saturated rings. The Hall–Kier alpha value is -3.89. The summed E-state index contributed by atoms with van der Waals surface area (Å²) in [6, 6.07) is 10.5. The van der Waals surface area contributed by atoms with Crippen molar-refractivity contribution < 1.29 is 32.1 Å². The average molecular weight is 478 g/mol. The molecule has 0 unspecified atom stereocenters. The molecule has 11 heteroatoms. The number of benzene rings is 2. The van der Waals surface area contributed by atoms with Gasteiger partial charge in [0.2, 0.25) is 11.7 Å². The summed E-state index contributed by atoms with van der Waals surface area (Å²) in [5.74, 6) is 1.39. The molecule has 3 aromatic rings. The highest BCUT2D eigenvalue weighted by Crippen LogP contribution is 2.41. The number of halogens is 3. The van der Waals surface area contributed by atoms with Gasteiger partial charge in [-0.1, -0.05) is 18.2 Å². The molecule has 0 saturated heterocycles. The van der Waals surface area contributed by atoms with Crippen molar-refractivity contribution >= 4 is 17.5 Å². The molecular formula is C23H25F3N4O4. The number of hydrogen-bond donors (Lipinski definition) is 2. The summed E-state index contributed by atoms with van der Waals surface area (Å²) in [5, 5.41) is 5.66. The summed E-state index contributed by atoms with van der Waals surface area (Å²) in [5.41, 5.74) is 0.327. The Morgan fingerprint density at radius 3 is 2.12 bits per heavy atom. The van der Waals surface area contributed by atoms with Crippen molar-refractivity contribution in [1.82, 2.24) is 9.97 Å². The number of methoxy groups -OCH3 is 4. The predicted octanol–water partition coefficient (Wildman–Crippen LogP) is 4.93. The van der Waals surface area contributed by atoms with Crippen LogP contribution in [0.5, 0.6) is 23.0 Å². The third-order valence-electron chi connectivity index (χ3n) is 4.89. The molecule has 3 rings (SSSR count). The van der Waals surface area contributed by atoms with Gasteiger partial charge in [0.05, 0.1) is 28.4 Å². The molecule has 2 N–H and O–H groups in total. The van der Waals surface area contributed by atoms with Crippen LogP contribution in [0.2, 0.25) is 0 Å².